The zero-order chi connectivity index (χ0) is 24.2. The van der Waals surface area contributed by atoms with Gasteiger partial charge < -0.3 is 4.74 Å². The SMILES string of the molecule is Cc1ccc(CN2C(=O)S/C(=C\c3cc([N+](=O)[O-])ccc3OCc3ccc(F)cc3)C2=O)cc1. The molecule has 0 bridgehead atoms. The quantitative estimate of drug-likeness (QED) is 0.240. The number of carbonyl (C=O) groups is 2. The maximum Gasteiger partial charge on any atom is 0.293 e. The Bertz CT molecular complexity index is 1290. The van der Waals surface area contributed by atoms with Gasteiger partial charge in [-0.25, -0.2) is 4.39 Å². The fraction of sp³-hybridized carbons (Fsp3) is 0.120. The van der Waals surface area contributed by atoms with Crippen LogP contribution in [0.15, 0.2) is 71.6 Å². The van der Waals surface area contributed by atoms with Crippen molar-refractivity contribution in [3.63, 3.8) is 0 Å². The molecule has 0 N–H and O–H groups in total. The first-order valence-corrected chi connectivity index (χ1v) is 11.1. The first kappa shape index (κ1) is 23.2. The maximum absolute atomic E-state index is 13.1. The Balaban J connectivity index is 1.59. The van der Waals surface area contributed by atoms with E-state index in [2.05, 4.69) is 0 Å². The standard InChI is InChI=1S/C25H19FN2O5S/c1-16-2-4-17(5-3-16)14-27-24(29)23(34-25(27)30)13-19-12-21(28(31)32)10-11-22(19)33-15-18-6-8-20(26)9-7-18/h2-13H,14-15H2,1H3/b23-13-. The summed E-state index contributed by atoms with van der Waals surface area (Å²) in [6.07, 6.45) is 1.42. The van der Waals surface area contributed by atoms with Gasteiger partial charge in [0.1, 0.15) is 18.2 Å². The molecule has 2 amide bonds. The molecule has 9 heteroatoms. The number of hydrogen-bond donors (Lipinski definition) is 0. The van der Waals surface area contributed by atoms with Gasteiger partial charge in [0.25, 0.3) is 16.8 Å². The van der Waals surface area contributed by atoms with Crippen LogP contribution in [0, 0.1) is 22.9 Å². The number of imide groups is 1. The van der Waals surface area contributed by atoms with Crippen molar-refractivity contribution < 1.29 is 23.6 Å². The van der Waals surface area contributed by atoms with Crippen LogP contribution in [0.3, 0.4) is 0 Å². The lowest BCUT2D eigenvalue weighted by Crippen LogP contribution is -2.27. The lowest BCUT2D eigenvalue weighted by Gasteiger charge is -2.12. The van der Waals surface area contributed by atoms with Crippen molar-refractivity contribution in [1.82, 2.24) is 4.90 Å². The van der Waals surface area contributed by atoms with E-state index in [9.17, 15) is 24.1 Å². The van der Waals surface area contributed by atoms with Crippen molar-refractivity contribution in [1.29, 1.82) is 0 Å². The molecule has 3 aromatic rings. The minimum absolute atomic E-state index is 0.0911. The van der Waals surface area contributed by atoms with Gasteiger partial charge in [0.15, 0.2) is 0 Å². The van der Waals surface area contributed by atoms with E-state index in [1.807, 2.05) is 31.2 Å². The fourth-order valence-corrected chi connectivity index (χ4v) is 4.12. The number of nitro benzene ring substituents is 1. The Morgan fingerprint density at radius 2 is 1.71 bits per heavy atom. The average Bonchev–Trinajstić information content (AvgIpc) is 3.08. The molecule has 0 unspecified atom stereocenters. The van der Waals surface area contributed by atoms with Crippen molar-refractivity contribution in [3.05, 3.63) is 110 Å². The second-order valence-corrected chi connectivity index (χ2v) is 8.64. The summed E-state index contributed by atoms with van der Waals surface area (Å²) in [4.78, 5) is 37.5. The van der Waals surface area contributed by atoms with E-state index in [-0.39, 0.29) is 35.1 Å². The number of benzene rings is 3. The minimum Gasteiger partial charge on any atom is -0.488 e. The molecule has 0 spiro atoms. The molecule has 1 aliphatic rings. The molecule has 0 aromatic heterocycles. The van der Waals surface area contributed by atoms with Crippen LogP contribution in [-0.2, 0) is 17.9 Å². The molecule has 1 saturated heterocycles. The molecular weight excluding hydrogens is 459 g/mol. The summed E-state index contributed by atoms with van der Waals surface area (Å²) in [5, 5.41) is 10.9. The van der Waals surface area contributed by atoms with E-state index in [1.165, 1.54) is 36.4 Å². The van der Waals surface area contributed by atoms with Crippen molar-refractivity contribution in [2.75, 3.05) is 0 Å². The number of nitrogens with zero attached hydrogens (tertiary/aromatic N) is 2. The Labute approximate surface area is 199 Å². The summed E-state index contributed by atoms with van der Waals surface area (Å²) < 4.78 is 18.9. The highest BCUT2D eigenvalue weighted by molar-refractivity contribution is 8.18. The van der Waals surface area contributed by atoms with E-state index in [1.54, 1.807) is 12.1 Å². The summed E-state index contributed by atoms with van der Waals surface area (Å²) in [5.41, 5.74) is 2.69. The zero-order valence-electron chi connectivity index (χ0n) is 18.1. The molecular formula is C25H19FN2O5S. The molecule has 172 valence electrons. The Hall–Kier alpha value is -3.98. The zero-order valence-corrected chi connectivity index (χ0v) is 18.9. The van der Waals surface area contributed by atoms with Gasteiger partial charge >= 0.3 is 0 Å². The summed E-state index contributed by atoms with van der Waals surface area (Å²) in [7, 11) is 0. The third kappa shape index (κ3) is 5.32. The van der Waals surface area contributed by atoms with E-state index in [0.29, 0.717) is 11.3 Å². The van der Waals surface area contributed by atoms with Gasteiger partial charge in [0.05, 0.1) is 16.4 Å². The number of hydrogen-bond acceptors (Lipinski definition) is 6. The predicted molar refractivity (Wildman–Crippen MR) is 127 cm³/mol. The number of non-ortho nitro benzene ring substituents is 1. The van der Waals surface area contributed by atoms with Crippen LogP contribution in [0.1, 0.15) is 22.3 Å². The minimum atomic E-state index is -0.551. The molecule has 34 heavy (non-hydrogen) atoms. The first-order chi connectivity index (χ1) is 16.3. The Morgan fingerprint density at radius 1 is 1.03 bits per heavy atom. The lowest BCUT2D eigenvalue weighted by atomic mass is 10.1. The monoisotopic (exact) mass is 478 g/mol. The normalized spacial score (nSPS) is 14.6. The summed E-state index contributed by atoms with van der Waals surface area (Å²) in [6, 6.07) is 17.3. The largest absolute Gasteiger partial charge is 0.488 e. The fourth-order valence-electron chi connectivity index (χ4n) is 3.29. The van der Waals surface area contributed by atoms with Gasteiger partial charge in [-0.1, -0.05) is 42.0 Å². The molecule has 1 aliphatic heterocycles. The Morgan fingerprint density at radius 3 is 2.38 bits per heavy atom. The molecule has 0 radical (unpaired) electrons. The third-order valence-electron chi connectivity index (χ3n) is 5.13. The highest BCUT2D eigenvalue weighted by Crippen LogP contribution is 2.36. The molecule has 0 atom stereocenters. The summed E-state index contributed by atoms with van der Waals surface area (Å²) >= 11 is 0.770. The second kappa shape index (κ2) is 9.88. The van der Waals surface area contributed by atoms with Gasteiger partial charge in [0, 0.05) is 17.7 Å². The molecule has 1 heterocycles. The topological polar surface area (TPSA) is 89.8 Å². The summed E-state index contributed by atoms with van der Waals surface area (Å²) in [6.45, 7) is 2.17. The van der Waals surface area contributed by atoms with E-state index >= 15 is 0 Å². The van der Waals surface area contributed by atoms with Crippen LogP contribution in [0.25, 0.3) is 6.08 Å². The van der Waals surface area contributed by atoms with E-state index < -0.39 is 16.1 Å². The Kier molecular flexibility index (Phi) is 6.74. The van der Waals surface area contributed by atoms with E-state index in [4.69, 9.17) is 4.74 Å². The highest BCUT2D eigenvalue weighted by atomic mass is 32.2. The van der Waals surface area contributed by atoms with Crippen LogP contribution in [0.4, 0.5) is 14.9 Å². The van der Waals surface area contributed by atoms with Gasteiger partial charge in [-0.05, 0) is 54.1 Å². The number of thioether (sulfide) groups is 1. The van der Waals surface area contributed by atoms with Gasteiger partial charge in [-0.3, -0.25) is 24.6 Å². The van der Waals surface area contributed by atoms with Crippen LogP contribution < -0.4 is 4.74 Å². The van der Waals surface area contributed by atoms with Crippen LogP contribution >= 0.6 is 11.8 Å². The molecule has 3 aromatic carbocycles. The number of rotatable bonds is 7. The van der Waals surface area contributed by atoms with Crippen LogP contribution in [0.5, 0.6) is 5.75 Å². The number of carbonyl (C=O) groups excluding carboxylic acids is 2. The first-order valence-electron chi connectivity index (χ1n) is 10.3. The van der Waals surface area contributed by atoms with Gasteiger partial charge in [-0.2, -0.15) is 0 Å². The maximum atomic E-state index is 13.1. The third-order valence-corrected chi connectivity index (χ3v) is 6.04. The lowest BCUT2D eigenvalue weighted by molar-refractivity contribution is -0.384. The molecule has 0 aliphatic carbocycles. The van der Waals surface area contributed by atoms with Gasteiger partial charge in [-0.15, -0.1) is 0 Å². The van der Waals surface area contributed by atoms with Crippen molar-refractivity contribution in [2.24, 2.45) is 0 Å². The number of nitro groups is 1. The number of halogens is 1. The number of aryl methyl sites for hydroxylation is 1. The number of ether oxygens (including phenoxy) is 1. The predicted octanol–water partition coefficient (Wildman–Crippen LogP) is 5.86. The van der Waals surface area contributed by atoms with Crippen molar-refractivity contribution in [2.45, 2.75) is 20.1 Å². The number of amides is 2. The highest BCUT2D eigenvalue weighted by Gasteiger charge is 2.35. The van der Waals surface area contributed by atoms with Crippen molar-refractivity contribution in [3.8, 4) is 5.75 Å². The molecule has 0 saturated carbocycles. The second-order valence-electron chi connectivity index (χ2n) is 7.65. The smallest absolute Gasteiger partial charge is 0.293 e. The average molecular weight is 479 g/mol. The molecule has 1 fully saturated rings. The molecule has 7 nitrogen and oxygen atoms in total. The van der Waals surface area contributed by atoms with Gasteiger partial charge in [0.2, 0.25) is 0 Å². The van der Waals surface area contributed by atoms with Crippen LogP contribution in [-0.4, -0.2) is 21.0 Å². The summed E-state index contributed by atoms with van der Waals surface area (Å²) in [5.74, 6) is -0.562. The van der Waals surface area contributed by atoms with Crippen molar-refractivity contribution >= 4 is 34.7 Å². The molecule has 4 rings (SSSR count). The van der Waals surface area contributed by atoms with E-state index in [0.717, 1.165) is 27.8 Å². The van der Waals surface area contributed by atoms with Crippen LogP contribution in [0.2, 0.25) is 0 Å².